The van der Waals surface area contributed by atoms with Crippen molar-refractivity contribution < 1.29 is 17.9 Å². The number of ether oxygens (including phenoxy) is 1. The van der Waals surface area contributed by atoms with E-state index in [1.165, 1.54) is 16.7 Å². The maximum atomic E-state index is 14.2. The molecular formula is C27H41F3N6O2. The molecule has 1 saturated carbocycles. The van der Waals surface area contributed by atoms with Crippen molar-refractivity contribution in [2.24, 2.45) is 17.8 Å². The minimum atomic E-state index is -4.54. The number of methoxy groups -OCH3 is 1. The number of hydrazine groups is 1. The molecule has 0 spiro atoms. The first-order chi connectivity index (χ1) is 18.2. The lowest BCUT2D eigenvalue weighted by molar-refractivity contribution is -0.136. The van der Waals surface area contributed by atoms with Crippen LogP contribution in [0.5, 0.6) is 0 Å². The maximum Gasteiger partial charge on any atom is 0.418 e. The standard InChI is InChI=1S/C27H41F3N6O2/c1-18-5-4-9-34(13-18)14-19-11-23(27(28,29)30)24-16-35(26(37)36(24)15-19)21-7-3-6-20(12-21)22(8-10-38-2)25-31-17-32-33-25/h11,15-16,18,20-22,25,31-33H,3-10,12-14,17H2,1-2H3/t18-,20?,21?,22-,25?/m0/s1. The summed E-state index contributed by atoms with van der Waals surface area (Å²) in [6, 6.07) is 1.11. The average Bonchev–Trinajstić information content (AvgIpc) is 3.52. The lowest BCUT2D eigenvalue weighted by atomic mass is 9.75. The van der Waals surface area contributed by atoms with Crippen molar-refractivity contribution in [1.29, 1.82) is 0 Å². The van der Waals surface area contributed by atoms with Gasteiger partial charge < -0.3 is 4.74 Å². The van der Waals surface area contributed by atoms with Crippen LogP contribution in [0, 0.1) is 17.8 Å². The Balaban J connectivity index is 1.44. The number of fused-ring (bicyclic) bond motifs is 1. The van der Waals surface area contributed by atoms with Gasteiger partial charge in [0.1, 0.15) is 0 Å². The van der Waals surface area contributed by atoms with Crippen LogP contribution in [0.3, 0.4) is 0 Å². The number of hydrogen-bond donors (Lipinski definition) is 3. The predicted octanol–water partition coefficient (Wildman–Crippen LogP) is 3.72. The third-order valence-electron chi connectivity index (χ3n) is 8.74. The van der Waals surface area contributed by atoms with Crippen molar-refractivity contribution in [3.63, 3.8) is 0 Å². The maximum absolute atomic E-state index is 14.2. The Hall–Kier alpha value is -1.92. The summed E-state index contributed by atoms with van der Waals surface area (Å²) in [5.41, 5.74) is 5.79. The van der Waals surface area contributed by atoms with Crippen LogP contribution in [0.4, 0.5) is 13.2 Å². The molecule has 2 aromatic rings. The van der Waals surface area contributed by atoms with E-state index in [2.05, 4.69) is 28.0 Å². The minimum absolute atomic E-state index is 0.0559. The summed E-state index contributed by atoms with van der Waals surface area (Å²) in [6.45, 7) is 5.64. The average molecular weight is 539 g/mol. The van der Waals surface area contributed by atoms with E-state index in [0.717, 1.165) is 58.0 Å². The van der Waals surface area contributed by atoms with E-state index in [9.17, 15) is 18.0 Å². The Morgan fingerprint density at radius 1 is 1.18 bits per heavy atom. The molecule has 0 aromatic carbocycles. The van der Waals surface area contributed by atoms with Gasteiger partial charge in [-0.3, -0.25) is 19.2 Å². The van der Waals surface area contributed by atoms with Crippen molar-refractivity contribution >= 4 is 5.52 Å². The third kappa shape index (κ3) is 5.96. The minimum Gasteiger partial charge on any atom is -0.385 e. The van der Waals surface area contributed by atoms with Crippen LogP contribution in [0.2, 0.25) is 0 Å². The fourth-order valence-electron chi connectivity index (χ4n) is 6.93. The number of alkyl halides is 3. The number of pyridine rings is 1. The first-order valence-electron chi connectivity index (χ1n) is 14.0. The van der Waals surface area contributed by atoms with E-state index in [0.29, 0.717) is 37.2 Å². The van der Waals surface area contributed by atoms with Crippen LogP contribution in [-0.2, 0) is 17.5 Å². The molecule has 11 heteroatoms. The molecule has 0 bridgehead atoms. The summed E-state index contributed by atoms with van der Waals surface area (Å²) in [6.07, 6.45) is 5.18. The van der Waals surface area contributed by atoms with Crippen molar-refractivity contribution in [1.82, 2.24) is 30.0 Å². The molecule has 3 fully saturated rings. The molecule has 4 heterocycles. The first kappa shape index (κ1) is 27.6. The van der Waals surface area contributed by atoms with Crippen LogP contribution in [0.25, 0.3) is 5.52 Å². The number of imidazole rings is 1. The SMILES string of the molecule is COCC[C@@H](C1CCCC(n2cc3c(C(F)(F)F)cc(CN4CCC[C@H](C)C4)cn3c2=O)C1)C1NCNN1. The third-order valence-corrected chi connectivity index (χ3v) is 8.74. The molecule has 1 aliphatic carbocycles. The number of nitrogens with one attached hydrogen (secondary N) is 3. The Bertz CT molecular complexity index is 1140. The summed E-state index contributed by atoms with van der Waals surface area (Å²) in [5, 5.41) is 3.44. The van der Waals surface area contributed by atoms with E-state index in [4.69, 9.17) is 4.74 Å². The first-order valence-corrected chi connectivity index (χ1v) is 14.0. The zero-order valence-corrected chi connectivity index (χ0v) is 22.4. The Morgan fingerprint density at radius 3 is 2.74 bits per heavy atom. The van der Waals surface area contributed by atoms with E-state index in [-0.39, 0.29) is 29.3 Å². The van der Waals surface area contributed by atoms with Gasteiger partial charge in [-0.15, -0.1) is 0 Å². The molecule has 3 unspecified atom stereocenters. The highest BCUT2D eigenvalue weighted by molar-refractivity contribution is 5.56. The second kappa shape index (κ2) is 11.7. The van der Waals surface area contributed by atoms with Crippen molar-refractivity contribution in [3.05, 3.63) is 40.1 Å². The highest BCUT2D eigenvalue weighted by Crippen LogP contribution is 2.40. The van der Waals surface area contributed by atoms with Crippen LogP contribution in [0.15, 0.2) is 23.3 Å². The quantitative estimate of drug-likeness (QED) is 0.476. The second-order valence-corrected chi connectivity index (χ2v) is 11.5. The van der Waals surface area contributed by atoms with E-state index < -0.39 is 11.7 Å². The van der Waals surface area contributed by atoms with Gasteiger partial charge in [0.25, 0.3) is 0 Å². The second-order valence-electron chi connectivity index (χ2n) is 11.5. The summed E-state index contributed by atoms with van der Waals surface area (Å²) >= 11 is 0. The number of nitrogens with zero attached hydrogens (tertiary/aromatic N) is 3. The van der Waals surface area contributed by atoms with Gasteiger partial charge in [0.05, 0.1) is 23.9 Å². The fraction of sp³-hybridized carbons (Fsp3) is 0.741. The van der Waals surface area contributed by atoms with E-state index in [1.807, 2.05) is 0 Å². The molecule has 2 saturated heterocycles. The molecule has 5 atom stereocenters. The van der Waals surface area contributed by atoms with Gasteiger partial charge in [0, 0.05) is 45.2 Å². The molecular weight excluding hydrogens is 497 g/mol. The molecule has 38 heavy (non-hydrogen) atoms. The van der Waals surface area contributed by atoms with Gasteiger partial charge in [0.2, 0.25) is 0 Å². The van der Waals surface area contributed by atoms with Gasteiger partial charge in [-0.2, -0.15) is 13.2 Å². The van der Waals surface area contributed by atoms with Crippen molar-refractivity contribution in [2.75, 3.05) is 33.5 Å². The highest BCUT2D eigenvalue weighted by Gasteiger charge is 2.37. The smallest absolute Gasteiger partial charge is 0.385 e. The van der Waals surface area contributed by atoms with Gasteiger partial charge in [-0.1, -0.05) is 13.3 Å². The van der Waals surface area contributed by atoms with Gasteiger partial charge in [0.15, 0.2) is 0 Å². The van der Waals surface area contributed by atoms with E-state index in [1.54, 1.807) is 17.9 Å². The number of hydrogen-bond acceptors (Lipinski definition) is 6. The number of likely N-dealkylation sites (tertiary alicyclic amines) is 1. The Morgan fingerprint density at radius 2 is 2.03 bits per heavy atom. The molecule has 2 aliphatic heterocycles. The number of rotatable bonds is 8. The largest absolute Gasteiger partial charge is 0.418 e. The summed E-state index contributed by atoms with van der Waals surface area (Å²) in [5.74, 6) is 1.13. The van der Waals surface area contributed by atoms with E-state index >= 15 is 0 Å². The van der Waals surface area contributed by atoms with Gasteiger partial charge in [-0.05, 0) is 74.5 Å². The van der Waals surface area contributed by atoms with Crippen LogP contribution in [0.1, 0.15) is 69.0 Å². The van der Waals surface area contributed by atoms with Gasteiger partial charge in [-0.25, -0.2) is 15.6 Å². The zero-order chi connectivity index (χ0) is 26.9. The molecule has 8 nitrogen and oxygen atoms in total. The molecule has 212 valence electrons. The number of aromatic nitrogens is 2. The van der Waals surface area contributed by atoms with Crippen molar-refractivity contribution in [2.45, 2.75) is 76.8 Å². The molecule has 3 aliphatic rings. The highest BCUT2D eigenvalue weighted by atomic mass is 19.4. The number of piperidine rings is 1. The molecule has 3 N–H and O–H groups in total. The molecule has 0 amide bonds. The molecule has 5 rings (SSSR count). The lowest BCUT2D eigenvalue weighted by Crippen LogP contribution is -2.45. The lowest BCUT2D eigenvalue weighted by Gasteiger charge is -2.37. The predicted molar refractivity (Wildman–Crippen MR) is 139 cm³/mol. The molecule has 2 aromatic heterocycles. The zero-order valence-electron chi connectivity index (χ0n) is 22.4. The topological polar surface area (TPSA) is 75.0 Å². The Kier molecular flexibility index (Phi) is 8.49. The van der Waals surface area contributed by atoms with Crippen LogP contribution in [-0.4, -0.2) is 53.5 Å². The van der Waals surface area contributed by atoms with Crippen molar-refractivity contribution in [3.8, 4) is 0 Å². The summed E-state index contributed by atoms with van der Waals surface area (Å²) in [4.78, 5) is 15.8. The van der Waals surface area contributed by atoms with Crippen LogP contribution < -0.4 is 21.9 Å². The van der Waals surface area contributed by atoms with Crippen LogP contribution >= 0.6 is 0 Å². The Labute approximate surface area is 221 Å². The fourth-order valence-corrected chi connectivity index (χ4v) is 6.93. The number of halogens is 3. The normalized spacial score (nSPS) is 28.2. The summed E-state index contributed by atoms with van der Waals surface area (Å²) < 4.78 is 50.8. The summed E-state index contributed by atoms with van der Waals surface area (Å²) in [7, 11) is 1.69. The molecule has 0 radical (unpaired) electrons. The van der Waals surface area contributed by atoms with Gasteiger partial charge >= 0.3 is 11.9 Å². The monoisotopic (exact) mass is 538 g/mol.